The molecule has 0 saturated heterocycles. The van der Waals surface area contributed by atoms with Crippen LogP contribution in [0.1, 0.15) is 136 Å². The molecular weight excluding hydrogens is 391 g/mol. The van der Waals surface area contributed by atoms with Gasteiger partial charge in [0, 0.05) is 0 Å². The first-order valence-electron chi connectivity index (χ1n) is 13.3. The molecule has 0 aromatic heterocycles. The Bertz CT molecular complexity index is 362. The molecule has 0 aliphatic carbocycles. The number of hydrogen-bond acceptors (Lipinski definition) is 3. The third-order valence-electron chi connectivity index (χ3n) is 5.66. The summed E-state index contributed by atoms with van der Waals surface area (Å²) in [6, 6.07) is 0. The van der Waals surface area contributed by atoms with Crippen molar-refractivity contribution in [3.05, 3.63) is 12.2 Å². The summed E-state index contributed by atoms with van der Waals surface area (Å²) < 4.78 is 11.6. The van der Waals surface area contributed by atoms with Gasteiger partial charge in [0.2, 0.25) is 0 Å². The van der Waals surface area contributed by atoms with Gasteiger partial charge in [-0.05, 0) is 6.42 Å². The Morgan fingerprint density at radius 2 is 0.967 bits per heavy atom. The number of rotatable bonds is 24. The van der Waals surface area contributed by atoms with Crippen molar-refractivity contribution in [1.82, 2.24) is 0 Å². The summed E-state index contributed by atoms with van der Waals surface area (Å²) in [6.45, 7) is 7.85. The van der Waals surface area contributed by atoms with Crippen LogP contribution in [0.2, 0.25) is 0 Å². The predicted octanol–water partition coefficient (Wildman–Crippen LogP) is 9.14. The Morgan fingerprint density at radius 3 is 1.50 bits per heavy atom. The number of allylic oxidation sites excluding steroid dienone is 2. The summed E-state index contributed by atoms with van der Waals surface area (Å²) in [5.74, 6) is 0. The van der Waals surface area contributed by atoms with Gasteiger partial charge in [-0.1, -0.05) is 39.0 Å². The van der Waals surface area contributed by atoms with Crippen LogP contribution in [0.3, 0.4) is 0 Å². The predicted molar refractivity (Wildman–Crippen MR) is 137 cm³/mol. The summed E-state index contributed by atoms with van der Waals surface area (Å²) in [5, 5.41) is 0. The Labute approximate surface area is 190 Å². The summed E-state index contributed by atoms with van der Waals surface area (Å²) >= 11 is 0. The van der Waals surface area contributed by atoms with Gasteiger partial charge in [0.05, 0.1) is 0 Å². The molecular formula is C26H55O3P. The van der Waals surface area contributed by atoms with E-state index in [2.05, 4.69) is 32.9 Å². The van der Waals surface area contributed by atoms with Crippen LogP contribution >= 0.6 is 7.94 Å². The third-order valence-corrected chi connectivity index (χ3v) is 7.95. The van der Waals surface area contributed by atoms with Crippen LogP contribution in [0, 0.1) is 0 Å². The maximum absolute atomic E-state index is 10.7. The fourth-order valence-corrected chi connectivity index (χ4v) is 5.64. The van der Waals surface area contributed by atoms with Crippen LogP contribution in [0.15, 0.2) is 12.2 Å². The van der Waals surface area contributed by atoms with E-state index in [9.17, 15) is 4.89 Å². The monoisotopic (exact) mass is 446 g/mol. The molecule has 0 bridgehead atoms. The Kier molecular flexibility index (Phi) is 23.7. The fraction of sp³-hybridized carbons (Fsp3) is 0.923. The average Bonchev–Trinajstić information content (AvgIpc) is 2.75. The third kappa shape index (κ3) is 21.3. The van der Waals surface area contributed by atoms with E-state index in [1.54, 1.807) is 0 Å². The van der Waals surface area contributed by atoms with E-state index >= 15 is 0 Å². The number of hydrogen-bond donors (Lipinski definition) is 1. The topological polar surface area (TPSA) is 38.7 Å². The van der Waals surface area contributed by atoms with Crippen molar-refractivity contribution >= 4 is 7.94 Å². The summed E-state index contributed by atoms with van der Waals surface area (Å²) in [4.78, 5) is 10.7. The van der Waals surface area contributed by atoms with Crippen molar-refractivity contribution in [2.24, 2.45) is 0 Å². The van der Waals surface area contributed by atoms with E-state index in [-0.39, 0.29) is 0 Å². The molecule has 0 aliphatic heterocycles. The molecule has 0 unspecified atom stereocenters. The van der Waals surface area contributed by atoms with Crippen molar-refractivity contribution in [2.75, 3.05) is 19.4 Å². The first kappa shape index (κ1) is 30.0. The van der Waals surface area contributed by atoms with E-state index in [0.29, 0.717) is 19.4 Å². The second-order valence-corrected chi connectivity index (χ2v) is 11.3. The standard InChI is InChI=1S/C26H55O3P/c1-4-7-10-11-12-13-14-15-16-17-18-19-20-21-22-23-25-29-30(27,26-9-6-3)28-24-8-5-2/h15-16,27,30H,4-14,17-26H2,1-3H3/b16-15-. The molecule has 0 radical (unpaired) electrons. The molecule has 0 spiro atoms. The van der Waals surface area contributed by atoms with Crippen LogP contribution in [-0.4, -0.2) is 24.3 Å². The maximum atomic E-state index is 10.7. The SMILES string of the molecule is CCCCCCCC/C=C\CCCCCCCCO[PH](O)(CCCC)OCCCC. The first-order valence-corrected chi connectivity index (χ1v) is 15.3. The van der Waals surface area contributed by atoms with Gasteiger partial charge in [-0.3, -0.25) is 0 Å². The molecule has 0 aliphatic rings. The zero-order valence-corrected chi connectivity index (χ0v) is 21.8. The zero-order chi connectivity index (χ0) is 22.2. The van der Waals surface area contributed by atoms with E-state index < -0.39 is 7.94 Å². The molecule has 30 heavy (non-hydrogen) atoms. The molecule has 0 amide bonds. The van der Waals surface area contributed by atoms with E-state index in [1.165, 1.54) is 83.5 Å². The van der Waals surface area contributed by atoms with Crippen molar-refractivity contribution in [2.45, 2.75) is 136 Å². The summed E-state index contributed by atoms with van der Waals surface area (Å²) in [6.07, 6.45) is 28.0. The molecule has 4 heteroatoms. The van der Waals surface area contributed by atoms with E-state index in [0.717, 1.165) is 32.1 Å². The van der Waals surface area contributed by atoms with Gasteiger partial charge in [-0.15, -0.1) is 0 Å². The van der Waals surface area contributed by atoms with Gasteiger partial charge in [-0.25, -0.2) is 0 Å². The minimum atomic E-state index is -2.92. The quantitative estimate of drug-likeness (QED) is 0.0912. The van der Waals surface area contributed by atoms with Crippen LogP contribution in [0.25, 0.3) is 0 Å². The van der Waals surface area contributed by atoms with Gasteiger partial charge in [0.15, 0.2) is 0 Å². The normalized spacial score (nSPS) is 12.8. The van der Waals surface area contributed by atoms with Crippen LogP contribution in [0.4, 0.5) is 0 Å². The molecule has 0 saturated carbocycles. The van der Waals surface area contributed by atoms with Crippen molar-refractivity contribution in [1.29, 1.82) is 0 Å². The molecule has 0 heterocycles. The second kappa shape index (κ2) is 23.7. The van der Waals surface area contributed by atoms with Crippen molar-refractivity contribution < 1.29 is 13.9 Å². The molecule has 0 aromatic rings. The minimum absolute atomic E-state index is 0.635. The van der Waals surface area contributed by atoms with E-state index in [1.807, 2.05) is 0 Å². The molecule has 0 aromatic carbocycles. The first-order chi connectivity index (χ1) is 14.7. The van der Waals surface area contributed by atoms with Gasteiger partial charge < -0.3 is 0 Å². The van der Waals surface area contributed by atoms with Crippen LogP contribution in [-0.2, 0) is 9.05 Å². The molecule has 0 atom stereocenters. The van der Waals surface area contributed by atoms with Crippen LogP contribution < -0.4 is 0 Å². The number of unbranched alkanes of at least 4 members (excludes halogenated alkanes) is 14. The van der Waals surface area contributed by atoms with E-state index in [4.69, 9.17) is 9.05 Å². The van der Waals surface area contributed by atoms with Crippen molar-refractivity contribution in [3.8, 4) is 0 Å². The summed E-state index contributed by atoms with van der Waals surface area (Å²) in [5.41, 5.74) is 0. The Hall–Kier alpha value is 0.0500. The Balaban J connectivity index is 3.51. The molecule has 182 valence electrons. The molecule has 0 rings (SSSR count). The van der Waals surface area contributed by atoms with Gasteiger partial charge in [0.1, 0.15) is 0 Å². The zero-order valence-electron chi connectivity index (χ0n) is 20.8. The Morgan fingerprint density at radius 1 is 0.533 bits per heavy atom. The summed E-state index contributed by atoms with van der Waals surface area (Å²) in [7, 11) is -2.92. The van der Waals surface area contributed by atoms with Crippen LogP contribution in [0.5, 0.6) is 0 Å². The molecule has 0 fully saturated rings. The fourth-order valence-electron chi connectivity index (χ4n) is 3.54. The van der Waals surface area contributed by atoms with Gasteiger partial charge >= 0.3 is 144 Å². The average molecular weight is 447 g/mol. The van der Waals surface area contributed by atoms with Crippen molar-refractivity contribution in [3.63, 3.8) is 0 Å². The van der Waals surface area contributed by atoms with Gasteiger partial charge in [0.25, 0.3) is 0 Å². The molecule has 1 N–H and O–H groups in total. The molecule has 3 nitrogen and oxygen atoms in total. The second-order valence-electron chi connectivity index (χ2n) is 8.80. The van der Waals surface area contributed by atoms with Gasteiger partial charge in [-0.2, -0.15) is 0 Å².